The van der Waals surface area contributed by atoms with Crippen molar-refractivity contribution in [3.8, 4) is 11.1 Å². The fourth-order valence-corrected chi connectivity index (χ4v) is 10.4. The molecule has 2 rings (SSSR count). The zero-order chi connectivity index (χ0) is 52.1. The second-order valence-corrected chi connectivity index (χ2v) is 20.9. The topological polar surface area (TPSA) is 0 Å². The van der Waals surface area contributed by atoms with E-state index in [1.165, 1.54) is 77.0 Å². The van der Waals surface area contributed by atoms with E-state index in [1.807, 2.05) is 6.92 Å². The van der Waals surface area contributed by atoms with Crippen molar-refractivity contribution in [2.45, 2.75) is 239 Å². The molecule has 16 heteroatoms. The molecule has 2 aromatic carbocycles. The van der Waals surface area contributed by atoms with Crippen LogP contribution in [-0.2, 0) is 0 Å². The third-order valence-electron chi connectivity index (χ3n) is 13.5. The van der Waals surface area contributed by atoms with Crippen molar-refractivity contribution in [3.05, 3.63) is 58.7 Å². The van der Waals surface area contributed by atoms with Crippen LogP contribution in [0.4, 0.5) is 61.5 Å². The summed E-state index contributed by atoms with van der Waals surface area (Å²) in [5.41, 5.74) is -7.56. The normalized spacial score (nSPS) is 13.4. The molecule has 0 saturated carbocycles. The Bertz CT molecular complexity index is 1580. The highest BCUT2D eigenvalue weighted by Crippen LogP contribution is 2.56. The third kappa shape index (κ3) is 21.7. The van der Waals surface area contributed by atoms with E-state index < -0.39 is 90.2 Å². The lowest BCUT2D eigenvalue weighted by Crippen LogP contribution is -2.52. The zero-order valence-electron chi connectivity index (χ0n) is 42.3. The van der Waals surface area contributed by atoms with E-state index in [4.69, 9.17) is 0 Å². The van der Waals surface area contributed by atoms with Crippen LogP contribution < -0.4 is 0 Å². The second kappa shape index (κ2) is 34.3. The Hall–Kier alpha value is -2.05. The molecule has 2 aromatic rings. The van der Waals surface area contributed by atoms with Crippen LogP contribution in [0.2, 0.25) is 25.3 Å². The van der Waals surface area contributed by atoms with Crippen LogP contribution in [0.5, 0.6) is 0 Å². The highest BCUT2D eigenvalue weighted by molar-refractivity contribution is 7.39. The molecule has 0 bridgehead atoms. The van der Waals surface area contributed by atoms with Crippen LogP contribution >= 0.6 is 8.58 Å². The van der Waals surface area contributed by atoms with E-state index in [0.717, 1.165) is 32.1 Å². The van der Waals surface area contributed by atoms with Crippen molar-refractivity contribution in [2.24, 2.45) is 11.8 Å². The molecular formula is C52H84BF14P. The Kier molecular flexibility index (Phi) is 33.3. The molecule has 0 aromatic heterocycles. The molecule has 0 amide bonds. The average Bonchev–Trinajstić information content (AvgIpc) is 3.30. The third-order valence-corrected chi connectivity index (χ3v) is 15.5. The predicted molar refractivity (Wildman–Crippen MR) is 260 cm³/mol. The predicted octanol–water partition coefficient (Wildman–Crippen LogP) is 21.1. The van der Waals surface area contributed by atoms with E-state index in [0.29, 0.717) is 37.3 Å². The summed E-state index contributed by atoms with van der Waals surface area (Å²) < 4.78 is 188. The van der Waals surface area contributed by atoms with Gasteiger partial charge in [-0.3, -0.25) is 0 Å². The standard InChI is InChI=1S/C20H44B.C20H37F6P.C12H2F8/c1-5-9-13-17-21(18-14-10-6-2,19-15-11-7-3)20-16-12-8-4;1-5-8-9-10-14-18(21,22)19(23,24)20(25,26)27-15-16(4)12-13-17(7-3)11-6-2;13-4-2-1-3(6(14)7(4)15)5-8(16)10(18)12(20)11(19)9(5)17/h5-20H2,1-4H3;16-17,27H,5-15H2,1-4H3;1-2H/q-1;;/p+1. The minimum atomic E-state index is -5.27. The van der Waals surface area contributed by atoms with Crippen LogP contribution in [0.1, 0.15) is 197 Å². The number of alkyl halides is 6. The maximum atomic E-state index is 14.0. The molecule has 0 aliphatic carbocycles. The number of halogens is 14. The highest BCUT2D eigenvalue weighted by atomic mass is 31.1. The molecule has 0 nitrogen and oxygen atoms in total. The summed E-state index contributed by atoms with van der Waals surface area (Å²) >= 11 is 0. The molecule has 0 fully saturated rings. The van der Waals surface area contributed by atoms with Gasteiger partial charge < -0.3 is 0 Å². The molecule has 0 aliphatic heterocycles. The van der Waals surface area contributed by atoms with Gasteiger partial charge in [0.1, 0.15) is 0 Å². The summed E-state index contributed by atoms with van der Waals surface area (Å²) in [6.45, 7) is 17.2. The first-order chi connectivity index (χ1) is 32.0. The van der Waals surface area contributed by atoms with Gasteiger partial charge >= 0.3 is 17.5 Å². The lowest BCUT2D eigenvalue weighted by atomic mass is 9.17. The number of hydrogen-bond acceptors (Lipinski definition) is 0. The summed E-state index contributed by atoms with van der Waals surface area (Å²) in [7, 11) is -2.07. The first kappa shape index (κ1) is 66.0. The SMILES string of the molecule is CCCCCCC(F)(F)C(F)(F)C(F)(F)[PH2+]CC(C)CCC(CC)CCC.CCCCC[B-](CCCCC)(CCCCC)CCCCC.Fc1ccc(-c2c(F)c(F)c(F)c(F)c2F)c(F)c1F. The average molecular weight is 1020 g/mol. The first-order valence-electron chi connectivity index (χ1n) is 25.8. The van der Waals surface area contributed by atoms with Gasteiger partial charge in [0.05, 0.1) is 20.3 Å². The Morgan fingerprint density at radius 2 is 0.897 bits per heavy atom. The number of hydrogen-bond donors (Lipinski definition) is 0. The van der Waals surface area contributed by atoms with Gasteiger partial charge in [-0.1, -0.05) is 177 Å². The van der Waals surface area contributed by atoms with Crippen molar-refractivity contribution >= 4 is 14.7 Å². The van der Waals surface area contributed by atoms with Crippen LogP contribution in [-0.4, -0.2) is 29.8 Å². The molecule has 68 heavy (non-hydrogen) atoms. The fraction of sp³-hybridized carbons (Fsp3) is 0.769. The van der Waals surface area contributed by atoms with Gasteiger partial charge in [0, 0.05) is 18.1 Å². The molecule has 0 saturated heterocycles. The van der Waals surface area contributed by atoms with Gasteiger partial charge in [-0.25, -0.2) is 35.1 Å². The van der Waals surface area contributed by atoms with Gasteiger partial charge in [0.25, 0.3) is 0 Å². The maximum Gasteiger partial charge on any atom is 0.417 e. The summed E-state index contributed by atoms with van der Waals surface area (Å²) in [4.78, 5) is 0. The first-order valence-corrected chi connectivity index (χ1v) is 27.2. The Balaban J connectivity index is 0.00000100. The molecule has 0 spiro atoms. The minimum Gasteiger partial charge on any atom is -0.204 e. The van der Waals surface area contributed by atoms with Crippen molar-refractivity contribution in [1.82, 2.24) is 0 Å². The quantitative estimate of drug-likeness (QED) is 0.0167. The van der Waals surface area contributed by atoms with E-state index in [1.54, 1.807) is 32.2 Å². The van der Waals surface area contributed by atoms with Crippen molar-refractivity contribution < 1.29 is 61.5 Å². The van der Waals surface area contributed by atoms with Gasteiger partial charge in [-0.2, -0.15) is 51.6 Å². The van der Waals surface area contributed by atoms with Crippen molar-refractivity contribution in [3.63, 3.8) is 0 Å². The molecule has 0 heterocycles. The van der Waals surface area contributed by atoms with Crippen LogP contribution in [0.3, 0.4) is 0 Å². The molecule has 0 aliphatic rings. The van der Waals surface area contributed by atoms with Crippen LogP contribution in [0.15, 0.2) is 12.1 Å². The van der Waals surface area contributed by atoms with Crippen molar-refractivity contribution in [2.75, 3.05) is 6.16 Å². The van der Waals surface area contributed by atoms with E-state index in [9.17, 15) is 61.5 Å². The Morgan fingerprint density at radius 3 is 1.31 bits per heavy atom. The summed E-state index contributed by atoms with van der Waals surface area (Å²) in [5.74, 6) is -27.1. The Labute approximate surface area is 402 Å². The van der Waals surface area contributed by atoms with E-state index in [2.05, 4.69) is 41.5 Å². The van der Waals surface area contributed by atoms with Crippen LogP contribution in [0, 0.1) is 58.4 Å². The minimum absolute atomic E-state index is 0.0383. The lowest BCUT2D eigenvalue weighted by Gasteiger charge is -2.40. The van der Waals surface area contributed by atoms with Gasteiger partial charge in [-0.05, 0) is 36.8 Å². The largest absolute Gasteiger partial charge is 0.417 e. The number of rotatable bonds is 33. The maximum absolute atomic E-state index is 14.0. The fourth-order valence-electron chi connectivity index (χ4n) is 8.99. The summed E-state index contributed by atoms with van der Waals surface area (Å²) in [5, 5.41) is 0. The van der Waals surface area contributed by atoms with E-state index in [-0.39, 0.29) is 24.6 Å². The highest BCUT2D eigenvalue weighted by Gasteiger charge is 2.74. The van der Waals surface area contributed by atoms with Gasteiger partial charge in [0.15, 0.2) is 40.7 Å². The molecule has 398 valence electrons. The molecular weight excluding hydrogens is 932 g/mol. The smallest absolute Gasteiger partial charge is 0.204 e. The van der Waals surface area contributed by atoms with Gasteiger partial charge in [-0.15, -0.1) is 0 Å². The zero-order valence-corrected chi connectivity index (χ0v) is 43.5. The number of benzene rings is 2. The number of unbranched alkanes of at least 4 members (excludes halogenated alkanes) is 11. The second-order valence-electron chi connectivity index (χ2n) is 19.3. The van der Waals surface area contributed by atoms with E-state index >= 15 is 0 Å². The molecule has 0 radical (unpaired) electrons. The van der Waals surface area contributed by atoms with Crippen molar-refractivity contribution in [1.29, 1.82) is 0 Å². The summed E-state index contributed by atoms with van der Waals surface area (Å²) in [6, 6.07) is 0.665. The lowest BCUT2D eigenvalue weighted by molar-refractivity contribution is -0.280. The van der Waals surface area contributed by atoms with Gasteiger partial charge in [0.2, 0.25) is 5.82 Å². The monoisotopic (exact) mass is 1020 g/mol. The molecule has 3 atom stereocenters. The summed E-state index contributed by atoms with van der Waals surface area (Å²) in [6.07, 6.45) is 28.6. The molecule has 3 unspecified atom stereocenters. The Morgan fingerprint density at radius 1 is 0.471 bits per heavy atom. The molecule has 0 N–H and O–H groups in total. The van der Waals surface area contributed by atoms with Crippen LogP contribution in [0.25, 0.3) is 11.1 Å².